The van der Waals surface area contributed by atoms with Gasteiger partial charge in [-0.25, -0.2) is 0 Å². The first-order chi connectivity index (χ1) is 9.79. The Morgan fingerprint density at radius 1 is 1.19 bits per heavy atom. The van der Waals surface area contributed by atoms with E-state index >= 15 is 0 Å². The molecule has 1 aromatic rings. The molecule has 1 atom stereocenters. The molecule has 0 radical (unpaired) electrons. The molecule has 7 heteroatoms. The van der Waals surface area contributed by atoms with E-state index in [1.165, 1.54) is 0 Å². The first-order valence-corrected chi connectivity index (χ1v) is 7.58. The van der Waals surface area contributed by atoms with Crippen molar-refractivity contribution in [2.24, 2.45) is 17.6 Å². The molecule has 0 spiro atoms. The van der Waals surface area contributed by atoms with Crippen molar-refractivity contribution >= 4 is 0 Å². The highest BCUT2D eigenvalue weighted by atomic mass is 19.4. The average molecular weight is 302 g/mol. The molecule has 2 heterocycles. The van der Waals surface area contributed by atoms with Gasteiger partial charge in [-0.05, 0) is 38.0 Å². The predicted molar refractivity (Wildman–Crippen MR) is 71.4 cm³/mol. The van der Waals surface area contributed by atoms with Gasteiger partial charge in [0.15, 0.2) is 5.82 Å². The Morgan fingerprint density at radius 2 is 1.86 bits per heavy atom. The largest absolute Gasteiger partial charge is 0.393 e. The zero-order valence-electron chi connectivity index (χ0n) is 12.2. The highest BCUT2D eigenvalue weighted by Crippen LogP contribution is 2.40. The van der Waals surface area contributed by atoms with Gasteiger partial charge in [0.1, 0.15) is 5.82 Å². The van der Waals surface area contributed by atoms with Gasteiger partial charge >= 0.3 is 6.18 Å². The summed E-state index contributed by atoms with van der Waals surface area (Å²) < 4.78 is 40.6. The van der Waals surface area contributed by atoms with Gasteiger partial charge < -0.3 is 10.3 Å². The van der Waals surface area contributed by atoms with Gasteiger partial charge in [-0.1, -0.05) is 6.92 Å². The lowest BCUT2D eigenvalue weighted by atomic mass is 9.77. The summed E-state index contributed by atoms with van der Waals surface area (Å²) in [5.74, 6) is 0.506. The van der Waals surface area contributed by atoms with Crippen LogP contribution in [-0.2, 0) is 18.5 Å². The van der Waals surface area contributed by atoms with Gasteiger partial charge in [0, 0.05) is 13.0 Å². The van der Waals surface area contributed by atoms with Crippen LogP contribution in [0.3, 0.4) is 0 Å². The second kappa shape index (κ2) is 4.97. The summed E-state index contributed by atoms with van der Waals surface area (Å²) in [5, 5.41) is 8.23. The van der Waals surface area contributed by atoms with Crippen molar-refractivity contribution in [1.82, 2.24) is 14.8 Å². The number of fused-ring (bicyclic) bond motifs is 1. The molecule has 1 aliphatic heterocycles. The SMILES string of the molecule is CC1CCC(N)(c2nnc3n2CC(C(F)(F)F)CC3)CC1. The summed E-state index contributed by atoms with van der Waals surface area (Å²) in [6.45, 7) is 2.09. The number of hydrogen-bond donors (Lipinski definition) is 1. The van der Waals surface area contributed by atoms with Crippen LogP contribution in [0.2, 0.25) is 0 Å². The number of hydrogen-bond acceptors (Lipinski definition) is 3. The molecule has 0 aromatic carbocycles. The fraction of sp³-hybridized carbons (Fsp3) is 0.857. The summed E-state index contributed by atoms with van der Waals surface area (Å²) in [4.78, 5) is 0. The molecule has 0 bridgehead atoms. The maximum absolute atomic E-state index is 13.0. The lowest BCUT2D eigenvalue weighted by Gasteiger charge is -2.36. The van der Waals surface area contributed by atoms with E-state index < -0.39 is 17.6 Å². The third kappa shape index (κ3) is 2.67. The van der Waals surface area contributed by atoms with Crippen LogP contribution < -0.4 is 5.73 Å². The second-order valence-electron chi connectivity index (χ2n) is 6.67. The van der Waals surface area contributed by atoms with Gasteiger partial charge in [0.25, 0.3) is 0 Å². The van der Waals surface area contributed by atoms with Crippen LogP contribution in [-0.4, -0.2) is 20.9 Å². The topological polar surface area (TPSA) is 56.7 Å². The normalized spacial score (nSPS) is 33.8. The summed E-state index contributed by atoms with van der Waals surface area (Å²) in [7, 11) is 0. The Balaban J connectivity index is 1.88. The van der Waals surface area contributed by atoms with Crippen LogP contribution in [0, 0.1) is 11.8 Å². The molecule has 1 aromatic heterocycles. The fourth-order valence-corrected chi connectivity index (χ4v) is 3.46. The maximum Gasteiger partial charge on any atom is 0.393 e. The lowest BCUT2D eigenvalue weighted by Crippen LogP contribution is -2.44. The van der Waals surface area contributed by atoms with Crippen LogP contribution in [0.1, 0.15) is 50.7 Å². The first-order valence-electron chi connectivity index (χ1n) is 7.58. The van der Waals surface area contributed by atoms with E-state index in [1.807, 2.05) is 0 Å². The minimum absolute atomic E-state index is 0.0876. The van der Waals surface area contributed by atoms with Gasteiger partial charge in [-0.15, -0.1) is 10.2 Å². The van der Waals surface area contributed by atoms with Gasteiger partial charge in [-0.2, -0.15) is 13.2 Å². The Bertz CT molecular complexity index is 515. The van der Waals surface area contributed by atoms with E-state index in [-0.39, 0.29) is 13.0 Å². The predicted octanol–water partition coefficient (Wildman–Crippen LogP) is 2.77. The molecule has 1 fully saturated rings. The standard InChI is InChI=1S/C14H21F3N4/c1-9-4-6-13(18,7-5-9)12-20-19-11-3-2-10(8-21(11)12)14(15,16)17/h9-10H,2-8,18H2,1H3. The molecule has 118 valence electrons. The Labute approximate surface area is 121 Å². The van der Waals surface area contributed by atoms with Crippen LogP contribution in [0.25, 0.3) is 0 Å². The zero-order chi connectivity index (χ0) is 15.3. The first kappa shape index (κ1) is 14.8. The van der Waals surface area contributed by atoms with E-state index in [0.29, 0.717) is 24.0 Å². The molecule has 21 heavy (non-hydrogen) atoms. The lowest BCUT2D eigenvalue weighted by molar-refractivity contribution is -0.182. The minimum atomic E-state index is -4.16. The third-order valence-electron chi connectivity index (χ3n) is 5.02. The van der Waals surface area contributed by atoms with E-state index in [0.717, 1.165) is 25.7 Å². The minimum Gasteiger partial charge on any atom is -0.319 e. The van der Waals surface area contributed by atoms with Gasteiger partial charge in [-0.3, -0.25) is 0 Å². The Hall–Kier alpha value is -1.11. The summed E-state index contributed by atoms with van der Waals surface area (Å²) in [6.07, 6.45) is -0.239. The third-order valence-corrected chi connectivity index (χ3v) is 5.02. The second-order valence-corrected chi connectivity index (χ2v) is 6.67. The molecular weight excluding hydrogens is 281 g/mol. The van der Waals surface area contributed by atoms with Crippen LogP contribution in [0.5, 0.6) is 0 Å². The van der Waals surface area contributed by atoms with E-state index in [9.17, 15) is 13.2 Å². The number of aromatic nitrogens is 3. The van der Waals surface area contributed by atoms with Crippen molar-refractivity contribution in [3.63, 3.8) is 0 Å². The average Bonchev–Trinajstić information content (AvgIpc) is 2.85. The van der Waals surface area contributed by atoms with Crippen molar-refractivity contribution in [3.8, 4) is 0 Å². The summed E-state index contributed by atoms with van der Waals surface area (Å²) in [5.41, 5.74) is 5.84. The summed E-state index contributed by atoms with van der Waals surface area (Å²) >= 11 is 0. The smallest absolute Gasteiger partial charge is 0.319 e. The van der Waals surface area contributed by atoms with Crippen LogP contribution in [0.4, 0.5) is 13.2 Å². The van der Waals surface area contributed by atoms with Crippen molar-refractivity contribution in [2.75, 3.05) is 0 Å². The Kier molecular flexibility index (Phi) is 3.50. The number of nitrogens with two attached hydrogens (primary N) is 1. The molecule has 2 N–H and O–H groups in total. The molecule has 3 rings (SSSR count). The highest BCUT2D eigenvalue weighted by Gasteiger charge is 2.44. The molecule has 1 aliphatic carbocycles. The number of alkyl halides is 3. The Morgan fingerprint density at radius 3 is 2.48 bits per heavy atom. The van der Waals surface area contributed by atoms with Crippen molar-refractivity contribution < 1.29 is 13.2 Å². The molecule has 1 saturated carbocycles. The van der Waals surface area contributed by atoms with Crippen molar-refractivity contribution in [3.05, 3.63) is 11.6 Å². The molecule has 0 saturated heterocycles. The number of aryl methyl sites for hydroxylation is 1. The molecule has 2 aliphatic rings. The number of halogens is 3. The molecular formula is C14H21F3N4. The number of rotatable bonds is 1. The van der Waals surface area contributed by atoms with Crippen LogP contribution >= 0.6 is 0 Å². The highest BCUT2D eigenvalue weighted by molar-refractivity contribution is 5.12. The van der Waals surface area contributed by atoms with E-state index in [2.05, 4.69) is 17.1 Å². The summed E-state index contributed by atoms with van der Waals surface area (Å²) in [6, 6.07) is 0. The maximum atomic E-state index is 13.0. The van der Waals surface area contributed by atoms with E-state index in [4.69, 9.17) is 5.73 Å². The quantitative estimate of drug-likeness (QED) is 0.868. The van der Waals surface area contributed by atoms with Crippen molar-refractivity contribution in [1.29, 1.82) is 0 Å². The van der Waals surface area contributed by atoms with Crippen molar-refractivity contribution in [2.45, 2.75) is 63.7 Å². The monoisotopic (exact) mass is 302 g/mol. The molecule has 0 amide bonds. The zero-order valence-corrected chi connectivity index (χ0v) is 12.2. The van der Waals surface area contributed by atoms with Crippen LogP contribution in [0.15, 0.2) is 0 Å². The number of nitrogens with zero attached hydrogens (tertiary/aromatic N) is 3. The van der Waals surface area contributed by atoms with E-state index in [1.54, 1.807) is 4.57 Å². The fourth-order valence-electron chi connectivity index (χ4n) is 3.46. The van der Waals surface area contributed by atoms with Gasteiger partial charge in [0.2, 0.25) is 0 Å². The molecule has 1 unspecified atom stereocenters. The molecule has 4 nitrogen and oxygen atoms in total. The van der Waals surface area contributed by atoms with Gasteiger partial charge in [0.05, 0.1) is 11.5 Å².